The number of esters is 1. The fourth-order valence-electron chi connectivity index (χ4n) is 3.92. The molecule has 0 radical (unpaired) electrons. The van der Waals surface area contributed by atoms with E-state index in [0.717, 1.165) is 5.56 Å². The van der Waals surface area contributed by atoms with Crippen LogP contribution >= 0.6 is 0 Å². The van der Waals surface area contributed by atoms with Gasteiger partial charge >= 0.3 is 11.9 Å². The van der Waals surface area contributed by atoms with Gasteiger partial charge < -0.3 is 14.0 Å². The topological polar surface area (TPSA) is 78.1 Å². The number of allylic oxidation sites excluding steroid dienone is 1. The van der Waals surface area contributed by atoms with E-state index in [4.69, 9.17) is 14.0 Å². The van der Waals surface area contributed by atoms with Crippen LogP contribution in [0.2, 0.25) is 0 Å². The van der Waals surface area contributed by atoms with Crippen molar-refractivity contribution in [2.75, 3.05) is 0 Å². The maximum atomic E-state index is 13.0. The third-order valence-electron chi connectivity index (χ3n) is 5.43. The summed E-state index contributed by atoms with van der Waals surface area (Å²) in [5.41, 5.74) is 2.20. The highest BCUT2D eigenvalue weighted by Gasteiger charge is 2.54. The Morgan fingerprint density at radius 3 is 2.71 bits per heavy atom. The highest BCUT2D eigenvalue weighted by molar-refractivity contribution is 6.09. The van der Waals surface area contributed by atoms with Gasteiger partial charge in [-0.05, 0) is 55.7 Å². The van der Waals surface area contributed by atoms with Crippen LogP contribution in [0.15, 0.2) is 63.6 Å². The van der Waals surface area contributed by atoms with Crippen molar-refractivity contribution in [1.29, 1.82) is 0 Å². The number of hydrogen-bond donors (Lipinski definition) is 0. The van der Waals surface area contributed by atoms with E-state index in [1.165, 1.54) is 24.3 Å². The van der Waals surface area contributed by atoms with E-state index in [9.17, 15) is 14.0 Å². The number of fused-ring (bicyclic) bond motifs is 1. The Balaban J connectivity index is 1.60. The standard InChI is InChI=1S/C21H18FNO5/c1-12-16(23-28-19(24)13-3-5-15(22)6-4-13)7-9-21(2)17(12)20(25)27-18(21)14-8-10-26-11-14/h3-6,8,10-11,18H,7,9H2,1-2H3/b23-16+/t18-,21+/m0/s1. The van der Waals surface area contributed by atoms with Crippen LogP contribution in [0.5, 0.6) is 0 Å². The van der Waals surface area contributed by atoms with Gasteiger partial charge in [0.2, 0.25) is 0 Å². The first kappa shape index (κ1) is 18.2. The molecule has 4 rings (SSSR count). The number of oxime groups is 1. The van der Waals surface area contributed by atoms with Crippen LogP contribution < -0.4 is 0 Å². The number of ether oxygens (including phenoxy) is 1. The zero-order chi connectivity index (χ0) is 19.9. The van der Waals surface area contributed by atoms with Crippen molar-refractivity contribution in [2.45, 2.75) is 32.8 Å². The molecule has 7 heteroatoms. The third kappa shape index (κ3) is 2.93. The number of nitrogens with zero attached hydrogens (tertiary/aromatic N) is 1. The number of cyclic esters (lactones) is 1. The van der Waals surface area contributed by atoms with E-state index in [-0.39, 0.29) is 5.56 Å². The Kier molecular flexibility index (Phi) is 4.37. The summed E-state index contributed by atoms with van der Waals surface area (Å²) in [4.78, 5) is 29.7. The van der Waals surface area contributed by atoms with Gasteiger partial charge in [0.05, 0.1) is 29.4 Å². The quantitative estimate of drug-likeness (QED) is 0.447. The van der Waals surface area contributed by atoms with E-state index in [1.807, 2.05) is 6.92 Å². The van der Waals surface area contributed by atoms with E-state index < -0.39 is 29.3 Å². The number of halogens is 1. The lowest BCUT2D eigenvalue weighted by Gasteiger charge is -2.33. The molecular formula is C21H18FNO5. The lowest BCUT2D eigenvalue weighted by molar-refractivity contribution is -0.140. The van der Waals surface area contributed by atoms with Gasteiger partial charge in [0.15, 0.2) is 0 Å². The van der Waals surface area contributed by atoms with Crippen LogP contribution in [0, 0.1) is 11.2 Å². The van der Waals surface area contributed by atoms with Gasteiger partial charge in [-0.1, -0.05) is 12.1 Å². The molecule has 2 aromatic rings. The van der Waals surface area contributed by atoms with E-state index in [1.54, 1.807) is 25.5 Å². The SMILES string of the molecule is CC1=C2C(=O)O[C@@H](c3ccoc3)[C@]2(C)CC/C1=N\OC(=O)c1ccc(F)cc1. The summed E-state index contributed by atoms with van der Waals surface area (Å²) in [6.45, 7) is 3.76. The second-order valence-electron chi connectivity index (χ2n) is 7.18. The molecule has 1 aromatic heterocycles. The molecule has 0 unspecified atom stereocenters. The first-order valence-electron chi connectivity index (χ1n) is 8.89. The largest absolute Gasteiger partial charge is 0.472 e. The summed E-state index contributed by atoms with van der Waals surface area (Å²) in [5.74, 6) is -1.53. The van der Waals surface area contributed by atoms with E-state index in [0.29, 0.717) is 29.7 Å². The Morgan fingerprint density at radius 2 is 2.04 bits per heavy atom. The van der Waals surface area contributed by atoms with Gasteiger partial charge in [0.1, 0.15) is 11.9 Å². The molecular weight excluding hydrogens is 365 g/mol. The van der Waals surface area contributed by atoms with Gasteiger partial charge in [0, 0.05) is 11.0 Å². The normalized spacial score (nSPS) is 25.6. The second-order valence-corrected chi connectivity index (χ2v) is 7.18. The monoisotopic (exact) mass is 383 g/mol. The molecule has 1 fully saturated rings. The number of carbonyl (C=O) groups is 2. The van der Waals surface area contributed by atoms with Gasteiger partial charge in [-0.25, -0.2) is 14.0 Å². The smallest absolute Gasteiger partial charge is 0.365 e. The summed E-state index contributed by atoms with van der Waals surface area (Å²) < 4.78 is 23.7. The maximum Gasteiger partial charge on any atom is 0.365 e. The molecule has 2 atom stereocenters. The highest BCUT2D eigenvalue weighted by atomic mass is 19.1. The van der Waals surface area contributed by atoms with E-state index in [2.05, 4.69) is 5.16 Å². The molecule has 2 aliphatic rings. The molecule has 6 nitrogen and oxygen atoms in total. The zero-order valence-corrected chi connectivity index (χ0v) is 15.4. The average Bonchev–Trinajstić information content (AvgIpc) is 3.28. The van der Waals surface area contributed by atoms with Crippen LogP contribution in [0.1, 0.15) is 48.7 Å². The summed E-state index contributed by atoms with van der Waals surface area (Å²) in [7, 11) is 0. The Hall–Kier alpha value is -3.22. The molecule has 0 amide bonds. The van der Waals surface area contributed by atoms with Crippen LogP contribution in [0.25, 0.3) is 0 Å². The summed E-state index contributed by atoms with van der Waals surface area (Å²) >= 11 is 0. The number of hydrogen-bond acceptors (Lipinski definition) is 6. The summed E-state index contributed by atoms with van der Waals surface area (Å²) in [6, 6.07) is 6.78. The van der Waals surface area contributed by atoms with Crippen molar-refractivity contribution < 1.29 is 28.0 Å². The maximum absolute atomic E-state index is 13.0. The van der Waals surface area contributed by atoms with Crippen molar-refractivity contribution in [1.82, 2.24) is 0 Å². The van der Waals surface area contributed by atoms with Crippen molar-refractivity contribution in [3.8, 4) is 0 Å². The van der Waals surface area contributed by atoms with Crippen LogP contribution in [0.3, 0.4) is 0 Å². The van der Waals surface area contributed by atoms with Gasteiger partial charge in [-0.2, -0.15) is 0 Å². The molecule has 2 heterocycles. The number of carbonyl (C=O) groups excluding carboxylic acids is 2. The fraction of sp³-hybridized carbons (Fsp3) is 0.286. The molecule has 1 aliphatic carbocycles. The minimum Gasteiger partial charge on any atom is -0.472 e. The Morgan fingerprint density at radius 1 is 1.29 bits per heavy atom. The van der Waals surface area contributed by atoms with Gasteiger partial charge in [-0.15, -0.1) is 0 Å². The number of benzene rings is 1. The molecule has 28 heavy (non-hydrogen) atoms. The van der Waals surface area contributed by atoms with Gasteiger partial charge in [-0.3, -0.25) is 0 Å². The first-order valence-corrected chi connectivity index (χ1v) is 8.89. The molecule has 1 aliphatic heterocycles. The minimum atomic E-state index is -0.691. The summed E-state index contributed by atoms with van der Waals surface area (Å²) in [6.07, 6.45) is 3.83. The zero-order valence-electron chi connectivity index (χ0n) is 15.4. The molecule has 0 spiro atoms. The lowest BCUT2D eigenvalue weighted by Crippen LogP contribution is -2.30. The molecule has 0 bridgehead atoms. The van der Waals surface area contributed by atoms with Crippen molar-refractivity contribution in [3.05, 3.63) is 70.9 Å². The fourth-order valence-corrected chi connectivity index (χ4v) is 3.92. The average molecular weight is 383 g/mol. The predicted octanol–water partition coefficient (Wildman–Crippen LogP) is 4.35. The van der Waals surface area contributed by atoms with Crippen LogP contribution in [0.4, 0.5) is 4.39 Å². The molecule has 1 saturated heterocycles. The summed E-state index contributed by atoms with van der Waals surface area (Å²) in [5, 5.41) is 3.97. The molecule has 144 valence electrons. The first-order chi connectivity index (χ1) is 13.4. The predicted molar refractivity (Wildman–Crippen MR) is 96.8 cm³/mol. The van der Waals surface area contributed by atoms with Crippen LogP contribution in [-0.4, -0.2) is 17.7 Å². The van der Waals surface area contributed by atoms with E-state index >= 15 is 0 Å². The molecule has 1 aromatic carbocycles. The molecule has 0 saturated carbocycles. The number of furan rings is 1. The minimum absolute atomic E-state index is 0.192. The van der Waals surface area contributed by atoms with Gasteiger partial charge in [0.25, 0.3) is 0 Å². The third-order valence-corrected chi connectivity index (χ3v) is 5.43. The second kappa shape index (κ2) is 6.74. The van der Waals surface area contributed by atoms with Crippen molar-refractivity contribution in [3.63, 3.8) is 0 Å². The lowest BCUT2D eigenvalue weighted by atomic mass is 9.68. The van der Waals surface area contributed by atoms with Crippen molar-refractivity contribution in [2.24, 2.45) is 10.6 Å². The Labute approximate surface area is 160 Å². The van der Waals surface area contributed by atoms with Crippen molar-refractivity contribution >= 4 is 17.7 Å². The highest BCUT2D eigenvalue weighted by Crippen LogP contribution is 2.55. The molecule has 0 N–H and O–H groups in total. The Bertz CT molecular complexity index is 990. The number of rotatable bonds is 3. The van der Waals surface area contributed by atoms with Crippen LogP contribution in [-0.2, 0) is 14.4 Å².